The quantitative estimate of drug-likeness (QED) is 0.861. The first-order valence-electron chi connectivity index (χ1n) is 8.20. The van der Waals surface area contributed by atoms with Crippen LogP contribution in [0.25, 0.3) is 0 Å². The number of hydrogen-bond donors (Lipinski definition) is 1. The standard InChI is InChI=1S/C17H26N2O3S/c1-4-14-8-6-7-13(3)17(14)18-11-16(20)19(5-2)15-9-10-23(21,22)12-15/h6-8,15,18H,4-5,9-12H2,1-3H3. The zero-order valence-corrected chi connectivity index (χ0v) is 14.9. The number of nitrogens with one attached hydrogen (secondary N) is 1. The van der Waals surface area contributed by atoms with Crippen LogP contribution in [-0.2, 0) is 21.1 Å². The van der Waals surface area contributed by atoms with Crippen LogP contribution in [-0.4, -0.2) is 49.9 Å². The molecule has 1 heterocycles. The average Bonchev–Trinajstić information content (AvgIpc) is 2.86. The molecule has 1 amide bonds. The van der Waals surface area contributed by atoms with Crippen LogP contribution in [0.1, 0.15) is 31.4 Å². The number of para-hydroxylation sites is 1. The first kappa shape index (κ1) is 17.8. The zero-order valence-electron chi connectivity index (χ0n) is 14.1. The molecular weight excluding hydrogens is 312 g/mol. The Kier molecular flexibility index (Phi) is 5.68. The van der Waals surface area contributed by atoms with Gasteiger partial charge in [-0.15, -0.1) is 0 Å². The van der Waals surface area contributed by atoms with E-state index in [1.54, 1.807) is 4.90 Å². The van der Waals surface area contributed by atoms with Crippen LogP contribution in [0.5, 0.6) is 0 Å². The highest BCUT2D eigenvalue weighted by atomic mass is 32.2. The lowest BCUT2D eigenvalue weighted by Gasteiger charge is -2.27. The maximum Gasteiger partial charge on any atom is 0.242 e. The monoisotopic (exact) mass is 338 g/mol. The van der Waals surface area contributed by atoms with Crippen molar-refractivity contribution in [3.8, 4) is 0 Å². The van der Waals surface area contributed by atoms with Gasteiger partial charge >= 0.3 is 0 Å². The summed E-state index contributed by atoms with van der Waals surface area (Å²) >= 11 is 0. The van der Waals surface area contributed by atoms with E-state index < -0.39 is 9.84 Å². The molecule has 0 saturated carbocycles. The molecule has 6 heteroatoms. The molecule has 0 spiro atoms. The number of amides is 1. The summed E-state index contributed by atoms with van der Waals surface area (Å²) in [5.41, 5.74) is 3.31. The van der Waals surface area contributed by atoms with E-state index in [0.717, 1.165) is 17.7 Å². The Hall–Kier alpha value is -1.56. The number of hydrogen-bond acceptors (Lipinski definition) is 4. The number of aryl methyl sites for hydroxylation is 2. The molecule has 128 valence electrons. The predicted molar refractivity (Wildman–Crippen MR) is 93.5 cm³/mol. The molecule has 2 rings (SSSR count). The summed E-state index contributed by atoms with van der Waals surface area (Å²) in [6.45, 7) is 6.74. The number of carbonyl (C=O) groups excluding carboxylic acids is 1. The second-order valence-electron chi connectivity index (χ2n) is 6.05. The molecule has 23 heavy (non-hydrogen) atoms. The van der Waals surface area contributed by atoms with Crippen LogP contribution in [0.15, 0.2) is 18.2 Å². The van der Waals surface area contributed by atoms with Gasteiger partial charge in [0.1, 0.15) is 0 Å². The fraction of sp³-hybridized carbons (Fsp3) is 0.588. The molecule has 1 aromatic rings. The van der Waals surface area contributed by atoms with Gasteiger partial charge in [-0.1, -0.05) is 25.1 Å². The highest BCUT2D eigenvalue weighted by Gasteiger charge is 2.33. The molecule has 1 aromatic carbocycles. The highest BCUT2D eigenvalue weighted by Crippen LogP contribution is 2.22. The number of anilines is 1. The molecule has 1 aliphatic heterocycles. The number of benzene rings is 1. The summed E-state index contributed by atoms with van der Waals surface area (Å²) in [6.07, 6.45) is 1.45. The fourth-order valence-corrected chi connectivity index (χ4v) is 4.93. The molecule has 1 unspecified atom stereocenters. The summed E-state index contributed by atoms with van der Waals surface area (Å²) in [6, 6.07) is 5.92. The molecule has 0 bridgehead atoms. The third-order valence-electron chi connectivity index (χ3n) is 4.47. The minimum atomic E-state index is -2.98. The largest absolute Gasteiger partial charge is 0.376 e. The van der Waals surface area contributed by atoms with Crippen LogP contribution in [0, 0.1) is 6.92 Å². The summed E-state index contributed by atoms with van der Waals surface area (Å²) in [4.78, 5) is 14.2. The molecule has 1 saturated heterocycles. The lowest BCUT2D eigenvalue weighted by Crippen LogP contribution is -2.43. The van der Waals surface area contributed by atoms with E-state index in [4.69, 9.17) is 0 Å². The van der Waals surface area contributed by atoms with Gasteiger partial charge in [0.05, 0.1) is 18.1 Å². The average molecular weight is 338 g/mol. The van der Waals surface area contributed by atoms with Crippen molar-refractivity contribution in [2.45, 2.75) is 39.7 Å². The summed E-state index contributed by atoms with van der Waals surface area (Å²) in [7, 11) is -2.98. The van der Waals surface area contributed by atoms with E-state index in [1.807, 2.05) is 26.0 Å². The Morgan fingerprint density at radius 2 is 2.09 bits per heavy atom. The normalized spacial score (nSPS) is 19.5. The maximum absolute atomic E-state index is 12.5. The lowest BCUT2D eigenvalue weighted by molar-refractivity contribution is -0.130. The van der Waals surface area contributed by atoms with Crippen molar-refractivity contribution in [3.05, 3.63) is 29.3 Å². The second-order valence-corrected chi connectivity index (χ2v) is 8.28. The van der Waals surface area contributed by atoms with Crippen molar-refractivity contribution >= 4 is 21.4 Å². The Labute approximate surface area is 139 Å². The van der Waals surface area contributed by atoms with E-state index >= 15 is 0 Å². The lowest BCUT2D eigenvalue weighted by atomic mass is 10.1. The molecule has 1 atom stereocenters. The molecule has 1 aliphatic rings. The number of nitrogens with zero attached hydrogens (tertiary/aromatic N) is 1. The summed E-state index contributed by atoms with van der Waals surface area (Å²) in [5.74, 6) is 0.240. The Morgan fingerprint density at radius 3 is 2.65 bits per heavy atom. The van der Waals surface area contributed by atoms with Gasteiger partial charge in [-0.2, -0.15) is 0 Å². The van der Waals surface area contributed by atoms with E-state index in [1.165, 1.54) is 5.56 Å². The first-order chi connectivity index (χ1) is 10.9. The summed E-state index contributed by atoms with van der Waals surface area (Å²) in [5, 5.41) is 3.25. The third kappa shape index (κ3) is 4.25. The molecular formula is C17H26N2O3S. The topological polar surface area (TPSA) is 66.5 Å². The third-order valence-corrected chi connectivity index (χ3v) is 6.22. The smallest absolute Gasteiger partial charge is 0.242 e. The van der Waals surface area contributed by atoms with Gasteiger partial charge in [0.2, 0.25) is 5.91 Å². The number of carbonyl (C=O) groups is 1. The van der Waals surface area contributed by atoms with Crippen LogP contribution < -0.4 is 5.32 Å². The zero-order chi connectivity index (χ0) is 17.0. The molecule has 5 nitrogen and oxygen atoms in total. The van der Waals surface area contributed by atoms with Crippen LogP contribution in [0.3, 0.4) is 0 Å². The van der Waals surface area contributed by atoms with Gasteiger partial charge in [-0.3, -0.25) is 4.79 Å². The van der Waals surface area contributed by atoms with Crippen LogP contribution in [0.2, 0.25) is 0 Å². The first-order valence-corrected chi connectivity index (χ1v) is 10.0. The number of sulfone groups is 1. The summed E-state index contributed by atoms with van der Waals surface area (Å²) < 4.78 is 23.3. The molecule has 1 fully saturated rings. The number of likely N-dealkylation sites (N-methyl/N-ethyl adjacent to an activating group) is 1. The Morgan fingerprint density at radius 1 is 1.35 bits per heavy atom. The predicted octanol–water partition coefficient (Wildman–Crippen LogP) is 2.00. The van der Waals surface area contributed by atoms with Gasteiger partial charge in [0.15, 0.2) is 9.84 Å². The van der Waals surface area contributed by atoms with Gasteiger partial charge in [-0.25, -0.2) is 8.42 Å². The SMILES string of the molecule is CCc1cccc(C)c1NCC(=O)N(CC)C1CCS(=O)(=O)C1. The minimum absolute atomic E-state index is 0.0418. The Balaban J connectivity index is 2.04. The number of rotatable bonds is 6. The molecule has 0 radical (unpaired) electrons. The van der Waals surface area contributed by atoms with Gasteiger partial charge in [0, 0.05) is 18.3 Å². The van der Waals surface area contributed by atoms with Crippen molar-refractivity contribution in [1.82, 2.24) is 4.90 Å². The molecule has 0 aliphatic carbocycles. The van der Waals surface area contributed by atoms with Gasteiger partial charge < -0.3 is 10.2 Å². The van der Waals surface area contributed by atoms with E-state index in [9.17, 15) is 13.2 Å². The van der Waals surface area contributed by atoms with Crippen LogP contribution >= 0.6 is 0 Å². The van der Waals surface area contributed by atoms with E-state index in [0.29, 0.717) is 13.0 Å². The molecule has 1 N–H and O–H groups in total. The fourth-order valence-electron chi connectivity index (χ4n) is 3.20. The maximum atomic E-state index is 12.5. The minimum Gasteiger partial charge on any atom is -0.376 e. The van der Waals surface area contributed by atoms with Crippen molar-refractivity contribution in [1.29, 1.82) is 0 Å². The van der Waals surface area contributed by atoms with Gasteiger partial charge in [-0.05, 0) is 37.8 Å². The van der Waals surface area contributed by atoms with Gasteiger partial charge in [0.25, 0.3) is 0 Å². The van der Waals surface area contributed by atoms with Crippen molar-refractivity contribution in [3.63, 3.8) is 0 Å². The highest BCUT2D eigenvalue weighted by molar-refractivity contribution is 7.91. The van der Waals surface area contributed by atoms with E-state index in [2.05, 4.69) is 18.3 Å². The van der Waals surface area contributed by atoms with E-state index in [-0.39, 0.29) is 30.0 Å². The van der Waals surface area contributed by atoms with Crippen molar-refractivity contribution < 1.29 is 13.2 Å². The van der Waals surface area contributed by atoms with Crippen LogP contribution in [0.4, 0.5) is 5.69 Å². The van der Waals surface area contributed by atoms with Crippen molar-refractivity contribution in [2.24, 2.45) is 0 Å². The Bertz CT molecular complexity index is 670. The molecule has 0 aromatic heterocycles. The van der Waals surface area contributed by atoms with Crippen molar-refractivity contribution in [2.75, 3.05) is 29.9 Å². The second kappa shape index (κ2) is 7.34.